The van der Waals surface area contributed by atoms with E-state index in [1.165, 1.54) is 12.0 Å². The number of carbonyl (C=O) groups is 1. The highest BCUT2D eigenvalue weighted by atomic mass is 16.2. The van der Waals surface area contributed by atoms with Gasteiger partial charge in [0.05, 0.1) is 0 Å². The molecule has 104 valence electrons. The SMILES string of the molecule is Cn1nccc1C(=O)NCC1(c2ccccc2)CCC1. The van der Waals surface area contributed by atoms with Crippen molar-refractivity contribution in [2.24, 2.45) is 7.05 Å². The zero-order chi connectivity index (χ0) is 14.0. The van der Waals surface area contributed by atoms with Gasteiger partial charge in [0.2, 0.25) is 0 Å². The summed E-state index contributed by atoms with van der Waals surface area (Å²) < 4.78 is 1.60. The van der Waals surface area contributed by atoms with Crippen molar-refractivity contribution in [2.45, 2.75) is 24.7 Å². The number of benzene rings is 1. The lowest BCUT2D eigenvalue weighted by Crippen LogP contribution is -2.45. The number of aromatic nitrogens is 2. The molecule has 0 bridgehead atoms. The fraction of sp³-hybridized carbons (Fsp3) is 0.375. The first-order valence-electron chi connectivity index (χ1n) is 7.03. The first-order chi connectivity index (χ1) is 9.71. The Bertz CT molecular complexity index is 599. The van der Waals surface area contributed by atoms with Gasteiger partial charge in [-0.05, 0) is 24.5 Å². The van der Waals surface area contributed by atoms with Gasteiger partial charge >= 0.3 is 0 Å². The highest BCUT2D eigenvalue weighted by Gasteiger charge is 2.38. The van der Waals surface area contributed by atoms with Crippen LogP contribution in [0.15, 0.2) is 42.6 Å². The zero-order valence-electron chi connectivity index (χ0n) is 11.7. The molecule has 4 heteroatoms. The third-order valence-electron chi connectivity index (χ3n) is 4.34. The van der Waals surface area contributed by atoms with E-state index in [1.807, 2.05) is 6.07 Å². The number of nitrogens with one attached hydrogen (secondary N) is 1. The fourth-order valence-corrected chi connectivity index (χ4v) is 2.90. The molecule has 1 aliphatic rings. The molecule has 3 rings (SSSR count). The maximum absolute atomic E-state index is 12.2. The van der Waals surface area contributed by atoms with Crippen LogP contribution in [0.3, 0.4) is 0 Å². The van der Waals surface area contributed by atoms with Gasteiger partial charge in [-0.3, -0.25) is 9.48 Å². The van der Waals surface area contributed by atoms with Crippen LogP contribution < -0.4 is 5.32 Å². The molecule has 1 heterocycles. The van der Waals surface area contributed by atoms with Gasteiger partial charge in [-0.2, -0.15) is 5.10 Å². The predicted octanol–water partition coefficient (Wildman–Crippen LogP) is 2.27. The second kappa shape index (κ2) is 5.12. The van der Waals surface area contributed by atoms with Crippen molar-refractivity contribution in [3.63, 3.8) is 0 Å². The molecular formula is C16H19N3O. The minimum atomic E-state index is -0.0489. The summed E-state index contributed by atoms with van der Waals surface area (Å²) in [7, 11) is 1.78. The van der Waals surface area contributed by atoms with Crippen molar-refractivity contribution < 1.29 is 4.79 Å². The summed E-state index contributed by atoms with van der Waals surface area (Å²) in [6.07, 6.45) is 5.16. The summed E-state index contributed by atoms with van der Waals surface area (Å²) in [5, 5.41) is 7.10. The van der Waals surface area contributed by atoms with Gasteiger partial charge in [0.15, 0.2) is 0 Å². The van der Waals surface area contributed by atoms with Crippen LogP contribution in [0.5, 0.6) is 0 Å². The van der Waals surface area contributed by atoms with E-state index in [0.717, 1.165) is 12.8 Å². The normalized spacial score (nSPS) is 16.4. The van der Waals surface area contributed by atoms with Crippen LogP contribution in [0.25, 0.3) is 0 Å². The summed E-state index contributed by atoms with van der Waals surface area (Å²) in [4.78, 5) is 12.2. The monoisotopic (exact) mass is 269 g/mol. The van der Waals surface area contributed by atoms with Crippen LogP contribution >= 0.6 is 0 Å². The van der Waals surface area contributed by atoms with E-state index in [9.17, 15) is 4.79 Å². The molecule has 0 spiro atoms. The standard InChI is InChI=1S/C16H19N3O/c1-19-14(8-11-18-19)15(20)17-12-16(9-5-10-16)13-6-3-2-4-7-13/h2-4,6-8,11H,5,9-10,12H2,1H3,(H,17,20). The van der Waals surface area contributed by atoms with Gasteiger partial charge < -0.3 is 5.32 Å². The summed E-state index contributed by atoms with van der Waals surface area (Å²) in [6, 6.07) is 12.2. The smallest absolute Gasteiger partial charge is 0.269 e. The van der Waals surface area contributed by atoms with Crippen molar-refractivity contribution in [2.75, 3.05) is 6.54 Å². The molecule has 1 fully saturated rings. The molecule has 1 saturated carbocycles. The molecule has 1 N–H and O–H groups in total. The molecule has 1 aromatic heterocycles. The van der Waals surface area contributed by atoms with Gasteiger partial charge in [0.25, 0.3) is 5.91 Å². The molecule has 20 heavy (non-hydrogen) atoms. The van der Waals surface area contributed by atoms with E-state index < -0.39 is 0 Å². The largest absolute Gasteiger partial charge is 0.350 e. The van der Waals surface area contributed by atoms with Crippen molar-refractivity contribution in [3.8, 4) is 0 Å². The molecule has 0 atom stereocenters. The van der Waals surface area contributed by atoms with Crippen molar-refractivity contribution in [3.05, 3.63) is 53.9 Å². The van der Waals surface area contributed by atoms with E-state index in [4.69, 9.17) is 0 Å². The first-order valence-corrected chi connectivity index (χ1v) is 7.03. The number of rotatable bonds is 4. The molecule has 2 aromatic rings. The second-order valence-corrected chi connectivity index (χ2v) is 5.52. The maximum Gasteiger partial charge on any atom is 0.269 e. The first kappa shape index (κ1) is 12.9. The number of aryl methyl sites for hydroxylation is 1. The number of amides is 1. The van der Waals surface area contributed by atoms with Gasteiger partial charge in [0.1, 0.15) is 5.69 Å². The van der Waals surface area contributed by atoms with Gasteiger partial charge in [-0.25, -0.2) is 0 Å². The Balaban J connectivity index is 1.71. The molecule has 0 radical (unpaired) electrons. The quantitative estimate of drug-likeness (QED) is 0.925. The number of nitrogens with zero attached hydrogens (tertiary/aromatic N) is 2. The molecular weight excluding hydrogens is 250 g/mol. The van der Waals surface area contributed by atoms with Crippen molar-refractivity contribution in [1.82, 2.24) is 15.1 Å². The van der Waals surface area contributed by atoms with E-state index in [2.05, 4.69) is 34.7 Å². The van der Waals surface area contributed by atoms with Gasteiger partial charge in [-0.15, -0.1) is 0 Å². The van der Waals surface area contributed by atoms with Crippen LogP contribution in [-0.4, -0.2) is 22.2 Å². The lowest BCUT2D eigenvalue weighted by atomic mass is 9.64. The summed E-state index contributed by atoms with van der Waals surface area (Å²) in [6.45, 7) is 0.695. The third kappa shape index (κ3) is 2.22. The van der Waals surface area contributed by atoms with Gasteiger partial charge in [-0.1, -0.05) is 36.8 Å². The molecule has 1 aromatic carbocycles. The Kier molecular flexibility index (Phi) is 3.30. The molecule has 0 unspecified atom stereocenters. The Morgan fingerprint density at radius 3 is 2.60 bits per heavy atom. The van der Waals surface area contributed by atoms with E-state index in [0.29, 0.717) is 12.2 Å². The topological polar surface area (TPSA) is 46.9 Å². The average molecular weight is 269 g/mol. The Hall–Kier alpha value is -2.10. The highest BCUT2D eigenvalue weighted by Crippen LogP contribution is 2.43. The molecule has 0 saturated heterocycles. The zero-order valence-corrected chi connectivity index (χ0v) is 11.7. The summed E-state index contributed by atoms with van der Waals surface area (Å²) in [5.41, 5.74) is 2.05. The number of carbonyl (C=O) groups excluding carboxylic acids is 1. The number of hydrogen-bond donors (Lipinski definition) is 1. The maximum atomic E-state index is 12.2. The van der Waals surface area contributed by atoms with Crippen molar-refractivity contribution >= 4 is 5.91 Å². The minimum Gasteiger partial charge on any atom is -0.350 e. The lowest BCUT2D eigenvalue weighted by molar-refractivity contribution is 0.0918. The van der Waals surface area contributed by atoms with E-state index in [-0.39, 0.29) is 11.3 Å². The van der Waals surface area contributed by atoms with Crippen LogP contribution in [0.4, 0.5) is 0 Å². The van der Waals surface area contributed by atoms with Crippen LogP contribution in [0.2, 0.25) is 0 Å². The molecule has 1 aliphatic carbocycles. The summed E-state index contributed by atoms with van der Waals surface area (Å²) >= 11 is 0. The minimum absolute atomic E-state index is 0.0489. The van der Waals surface area contributed by atoms with Crippen molar-refractivity contribution in [1.29, 1.82) is 0 Å². The van der Waals surface area contributed by atoms with E-state index >= 15 is 0 Å². The lowest BCUT2D eigenvalue weighted by Gasteiger charge is -2.42. The fourth-order valence-electron chi connectivity index (χ4n) is 2.90. The Morgan fingerprint density at radius 2 is 2.05 bits per heavy atom. The molecule has 4 nitrogen and oxygen atoms in total. The van der Waals surface area contributed by atoms with Crippen LogP contribution in [0.1, 0.15) is 35.3 Å². The number of hydrogen-bond acceptors (Lipinski definition) is 2. The Morgan fingerprint density at radius 1 is 1.30 bits per heavy atom. The van der Waals surface area contributed by atoms with Gasteiger partial charge in [0, 0.05) is 25.2 Å². The third-order valence-corrected chi connectivity index (χ3v) is 4.34. The van der Waals surface area contributed by atoms with Crippen LogP contribution in [0, 0.1) is 0 Å². The highest BCUT2D eigenvalue weighted by molar-refractivity contribution is 5.92. The average Bonchev–Trinajstić information content (AvgIpc) is 2.85. The molecule has 0 aliphatic heterocycles. The van der Waals surface area contributed by atoms with E-state index in [1.54, 1.807) is 24.0 Å². The predicted molar refractivity (Wildman–Crippen MR) is 77.5 cm³/mol. The summed E-state index contributed by atoms with van der Waals surface area (Å²) in [5.74, 6) is -0.0489. The second-order valence-electron chi connectivity index (χ2n) is 5.52. The van der Waals surface area contributed by atoms with Crippen LogP contribution in [-0.2, 0) is 12.5 Å². The molecule has 1 amide bonds. The Labute approximate surface area is 118 Å².